The van der Waals surface area contributed by atoms with Crippen LogP contribution in [0.3, 0.4) is 0 Å². The van der Waals surface area contributed by atoms with Gasteiger partial charge in [-0.25, -0.2) is 0 Å². The smallest absolute Gasteiger partial charge is 0.255 e. The van der Waals surface area contributed by atoms with E-state index in [1.165, 1.54) is 6.42 Å². The molecule has 2 aromatic rings. The van der Waals surface area contributed by atoms with E-state index >= 15 is 0 Å². The van der Waals surface area contributed by atoms with Crippen LogP contribution in [-0.2, 0) is 10.5 Å². The zero-order valence-corrected chi connectivity index (χ0v) is 19.7. The summed E-state index contributed by atoms with van der Waals surface area (Å²) in [5.74, 6) is 1.02. The highest BCUT2D eigenvalue weighted by Gasteiger charge is 2.26. The number of rotatable bonds is 6. The molecule has 7 heteroatoms. The van der Waals surface area contributed by atoms with Gasteiger partial charge in [-0.05, 0) is 49.1 Å². The molecule has 0 unspecified atom stereocenters. The Kier molecular flexibility index (Phi) is 8.03. The van der Waals surface area contributed by atoms with Crippen LogP contribution in [0.2, 0.25) is 0 Å². The topological polar surface area (TPSA) is 67.6 Å². The molecule has 0 N–H and O–H groups in total. The first-order chi connectivity index (χ1) is 16.1. The highest BCUT2D eigenvalue weighted by atomic mass is 32.2. The summed E-state index contributed by atoms with van der Waals surface area (Å²) in [5.41, 5.74) is 2.50. The van der Waals surface area contributed by atoms with Crippen molar-refractivity contribution >= 4 is 23.6 Å². The standard InChI is InChI=1S/C26H30N4O2S/c27-18-21-8-10-22(11-9-21)20-33-24-7-3-2-6-23(24)26(32)30-16-14-28(15-17-30)19-25(31)29-12-4-1-5-13-29/h2-3,6-11H,1,4-5,12-17,19-20H2. The summed E-state index contributed by atoms with van der Waals surface area (Å²) >= 11 is 1.64. The van der Waals surface area contributed by atoms with E-state index in [1.807, 2.05) is 58.3 Å². The molecule has 0 aliphatic carbocycles. The van der Waals surface area contributed by atoms with E-state index in [4.69, 9.17) is 5.26 Å². The number of piperidine rings is 1. The molecule has 2 fully saturated rings. The van der Waals surface area contributed by atoms with Crippen LogP contribution in [0.5, 0.6) is 0 Å². The highest BCUT2D eigenvalue weighted by molar-refractivity contribution is 7.98. The Balaban J connectivity index is 1.31. The van der Waals surface area contributed by atoms with E-state index in [-0.39, 0.29) is 11.8 Å². The van der Waals surface area contributed by atoms with Gasteiger partial charge in [0.15, 0.2) is 0 Å². The fourth-order valence-corrected chi connectivity index (χ4v) is 5.32. The molecule has 0 aromatic heterocycles. The number of nitriles is 1. The molecule has 2 saturated heterocycles. The van der Waals surface area contributed by atoms with Crippen molar-refractivity contribution in [2.75, 3.05) is 45.8 Å². The Morgan fingerprint density at radius 3 is 2.24 bits per heavy atom. The number of benzene rings is 2. The van der Waals surface area contributed by atoms with E-state index in [0.29, 0.717) is 25.2 Å². The number of piperazine rings is 1. The zero-order chi connectivity index (χ0) is 23.0. The summed E-state index contributed by atoms with van der Waals surface area (Å²) in [6.07, 6.45) is 3.44. The van der Waals surface area contributed by atoms with Crippen molar-refractivity contribution in [2.45, 2.75) is 29.9 Å². The zero-order valence-electron chi connectivity index (χ0n) is 18.9. The normalized spacial score (nSPS) is 16.9. The molecule has 2 aliphatic heterocycles. The number of likely N-dealkylation sites (tertiary alicyclic amines) is 1. The largest absolute Gasteiger partial charge is 0.342 e. The third-order valence-corrected chi connectivity index (χ3v) is 7.47. The third-order valence-electron chi connectivity index (χ3n) is 6.32. The molecule has 0 bridgehead atoms. The predicted molar refractivity (Wildman–Crippen MR) is 130 cm³/mol. The Hall–Kier alpha value is -2.82. The molecule has 2 aromatic carbocycles. The first kappa shape index (κ1) is 23.3. The lowest BCUT2D eigenvalue weighted by Crippen LogP contribution is -2.52. The Morgan fingerprint density at radius 1 is 0.848 bits per heavy atom. The summed E-state index contributed by atoms with van der Waals surface area (Å²) < 4.78 is 0. The number of hydrogen-bond donors (Lipinski definition) is 0. The maximum atomic E-state index is 13.3. The van der Waals surface area contributed by atoms with Crippen molar-refractivity contribution in [1.82, 2.24) is 14.7 Å². The molecule has 0 saturated carbocycles. The summed E-state index contributed by atoms with van der Waals surface area (Å²) in [7, 11) is 0. The molecule has 0 atom stereocenters. The SMILES string of the molecule is N#Cc1ccc(CSc2ccccc2C(=O)N2CCN(CC(=O)N3CCCCC3)CC2)cc1. The predicted octanol–water partition coefficient (Wildman–Crippen LogP) is 3.62. The minimum Gasteiger partial charge on any atom is -0.342 e. The average molecular weight is 463 g/mol. The second kappa shape index (κ2) is 11.4. The van der Waals surface area contributed by atoms with Gasteiger partial charge in [0.2, 0.25) is 5.91 Å². The molecular formula is C26H30N4O2S. The number of amides is 2. The van der Waals surface area contributed by atoms with E-state index < -0.39 is 0 Å². The first-order valence-corrected chi connectivity index (χ1v) is 12.6. The molecule has 2 amide bonds. The molecule has 172 valence electrons. The van der Waals surface area contributed by atoms with Gasteiger partial charge in [0.05, 0.1) is 23.7 Å². The summed E-state index contributed by atoms with van der Waals surface area (Å²) in [5, 5.41) is 8.96. The lowest BCUT2D eigenvalue weighted by molar-refractivity contribution is -0.133. The fourth-order valence-electron chi connectivity index (χ4n) is 4.32. The number of thioether (sulfide) groups is 1. The summed E-state index contributed by atoms with van der Waals surface area (Å²) in [6, 6.07) is 17.5. The monoisotopic (exact) mass is 462 g/mol. The van der Waals surface area contributed by atoms with Gasteiger partial charge in [-0.15, -0.1) is 11.8 Å². The van der Waals surface area contributed by atoms with Gasteiger partial charge in [-0.2, -0.15) is 5.26 Å². The molecular weight excluding hydrogens is 432 g/mol. The van der Waals surface area contributed by atoms with Crippen LogP contribution in [0.1, 0.15) is 40.7 Å². The van der Waals surface area contributed by atoms with Crippen LogP contribution < -0.4 is 0 Å². The van der Waals surface area contributed by atoms with Crippen LogP contribution in [0.4, 0.5) is 0 Å². The van der Waals surface area contributed by atoms with Gasteiger partial charge in [0, 0.05) is 49.9 Å². The van der Waals surface area contributed by atoms with Crippen molar-refractivity contribution in [1.29, 1.82) is 5.26 Å². The van der Waals surface area contributed by atoms with Crippen LogP contribution in [0.15, 0.2) is 53.4 Å². The molecule has 6 nitrogen and oxygen atoms in total. The van der Waals surface area contributed by atoms with Crippen LogP contribution in [0.25, 0.3) is 0 Å². The highest BCUT2D eigenvalue weighted by Crippen LogP contribution is 2.27. The lowest BCUT2D eigenvalue weighted by atomic mass is 10.1. The second-order valence-electron chi connectivity index (χ2n) is 8.60. The average Bonchev–Trinajstić information content (AvgIpc) is 2.88. The van der Waals surface area contributed by atoms with E-state index in [1.54, 1.807) is 11.8 Å². The van der Waals surface area contributed by atoms with Gasteiger partial charge in [-0.1, -0.05) is 24.3 Å². The van der Waals surface area contributed by atoms with Gasteiger partial charge < -0.3 is 9.80 Å². The Bertz CT molecular complexity index is 1000. The minimum absolute atomic E-state index is 0.0555. The van der Waals surface area contributed by atoms with E-state index in [0.717, 1.165) is 60.8 Å². The number of nitrogens with zero attached hydrogens (tertiary/aromatic N) is 4. The Labute approximate surface area is 200 Å². The quantitative estimate of drug-likeness (QED) is 0.614. The first-order valence-electron chi connectivity index (χ1n) is 11.6. The fraction of sp³-hybridized carbons (Fsp3) is 0.423. The summed E-state index contributed by atoms with van der Waals surface area (Å²) in [4.78, 5) is 32.9. The van der Waals surface area contributed by atoms with Crippen molar-refractivity contribution in [3.8, 4) is 6.07 Å². The number of carbonyl (C=O) groups excluding carboxylic acids is 2. The Morgan fingerprint density at radius 2 is 1.55 bits per heavy atom. The van der Waals surface area contributed by atoms with Crippen molar-refractivity contribution in [3.63, 3.8) is 0 Å². The molecule has 2 aliphatic rings. The molecule has 0 radical (unpaired) electrons. The summed E-state index contributed by atoms with van der Waals surface area (Å²) in [6.45, 7) is 4.96. The maximum absolute atomic E-state index is 13.3. The van der Waals surface area contributed by atoms with Crippen molar-refractivity contribution < 1.29 is 9.59 Å². The van der Waals surface area contributed by atoms with Gasteiger partial charge in [0.25, 0.3) is 5.91 Å². The van der Waals surface area contributed by atoms with Crippen molar-refractivity contribution in [2.24, 2.45) is 0 Å². The second-order valence-corrected chi connectivity index (χ2v) is 9.62. The molecule has 33 heavy (non-hydrogen) atoms. The van der Waals surface area contributed by atoms with Crippen LogP contribution in [-0.4, -0.2) is 72.3 Å². The molecule has 4 rings (SSSR count). The maximum Gasteiger partial charge on any atom is 0.255 e. The van der Waals surface area contributed by atoms with Crippen LogP contribution >= 0.6 is 11.8 Å². The molecule has 2 heterocycles. The molecule has 0 spiro atoms. The van der Waals surface area contributed by atoms with Crippen LogP contribution in [0, 0.1) is 11.3 Å². The minimum atomic E-state index is 0.0555. The van der Waals surface area contributed by atoms with Gasteiger partial charge in [-0.3, -0.25) is 14.5 Å². The van der Waals surface area contributed by atoms with Gasteiger partial charge >= 0.3 is 0 Å². The van der Waals surface area contributed by atoms with E-state index in [2.05, 4.69) is 11.0 Å². The number of carbonyl (C=O) groups is 2. The van der Waals surface area contributed by atoms with Gasteiger partial charge in [0.1, 0.15) is 0 Å². The third kappa shape index (κ3) is 6.16. The number of hydrogen-bond acceptors (Lipinski definition) is 5. The van der Waals surface area contributed by atoms with Crippen molar-refractivity contribution in [3.05, 3.63) is 65.2 Å². The lowest BCUT2D eigenvalue weighted by Gasteiger charge is -2.36. The van der Waals surface area contributed by atoms with E-state index in [9.17, 15) is 9.59 Å².